The first-order valence-electron chi connectivity index (χ1n) is 8.84. The third-order valence-corrected chi connectivity index (χ3v) is 4.85. The highest BCUT2D eigenvalue weighted by Crippen LogP contribution is 2.22. The van der Waals surface area contributed by atoms with Gasteiger partial charge in [0.2, 0.25) is 5.95 Å². The number of benzene rings is 1. The number of halogens is 1. The van der Waals surface area contributed by atoms with Crippen molar-refractivity contribution in [1.82, 2.24) is 15.3 Å². The van der Waals surface area contributed by atoms with E-state index in [0.29, 0.717) is 22.6 Å². The summed E-state index contributed by atoms with van der Waals surface area (Å²) in [5.41, 5.74) is 0.642. The normalized spacial score (nSPS) is 19.7. The van der Waals surface area contributed by atoms with Gasteiger partial charge in [-0.2, -0.15) is 4.98 Å². The van der Waals surface area contributed by atoms with E-state index in [0.717, 1.165) is 31.5 Å². The first kappa shape index (κ1) is 18.5. The lowest BCUT2D eigenvalue weighted by Crippen LogP contribution is -2.40. The standard InChI is InChI=1S/C19H24ClN5O/c1-25(2)17-11-12-21-19(24-17)23-16-9-7-15(8-10-16)22-18(26)13-3-5-14(20)6-4-13/h3-6,11-12,15-16H,7-10H2,1-2H3,(H,22,26)(H,21,23,24)/t15-,16+. The summed E-state index contributed by atoms with van der Waals surface area (Å²) in [6, 6.07) is 9.38. The van der Waals surface area contributed by atoms with Crippen LogP contribution in [0.2, 0.25) is 5.02 Å². The van der Waals surface area contributed by atoms with Crippen LogP contribution in [0.3, 0.4) is 0 Å². The van der Waals surface area contributed by atoms with Gasteiger partial charge in [0.15, 0.2) is 0 Å². The SMILES string of the molecule is CN(C)c1ccnc(N[C@H]2CC[C@@H](NC(=O)c3ccc(Cl)cc3)CC2)n1. The Labute approximate surface area is 159 Å². The first-order valence-corrected chi connectivity index (χ1v) is 9.22. The molecule has 26 heavy (non-hydrogen) atoms. The number of hydrogen-bond acceptors (Lipinski definition) is 5. The highest BCUT2D eigenvalue weighted by molar-refractivity contribution is 6.30. The summed E-state index contributed by atoms with van der Waals surface area (Å²) in [4.78, 5) is 23.1. The van der Waals surface area contributed by atoms with Crippen molar-refractivity contribution >= 4 is 29.3 Å². The van der Waals surface area contributed by atoms with Gasteiger partial charge in [-0.15, -0.1) is 0 Å². The van der Waals surface area contributed by atoms with E-state index in [4.69, 9.17) is 11.6 Å². The van der Waals surface area contributed by atoms with Gasteiger partial charge in [-0.1, -0.05) is 11.6 Å². The van der Waals surface area contributed by atoms with Gasteiger partial charge in [0.25, 0.3) is 5.91 Å². The predicted molar refractivity (Wildman–Crippen MR) is 105 cm³/mol. The monoisotopic (exact) mass is 373 g/mol. The van der Waals surface area contributed by atoms with E-state index in [9.17, 15) is 4.79 Å². The van der Waals surface area contributed by atoms with Crippen molar-refractivity contribution in [3.05, 3.63) is 47.1 Å². The van der Waals surface area contributed by atoms with Gasteiger partial charge < -0.3 is 15.5 Å². The zero-order chi connectivity index (χ0) is 18.5. The molecule has 1 amide bonds. The quantitative estimate of drug-likeness (QED) is 0.841. The molecule has 1 fully saturated rings. The van der Waals surface area contributed by atoms with Crippen molar-refractivity contribution in [2.45, 2.75) is 37.8 Å². The van der Waals surface area contributed by atoms with Crippen LogP contribution in [-0.4, -0.2) is 42.1 Å². The summed E-state index contributed by atoms with van der Waals surface area (Å²) in [7, 11) is 3.92. The maximum atomic E-state index is 12.3. The molecule has 0 aliphatic heterocycles. The number of carbonyl (C=O) groups is 1. The molecule has 1 aliphatic rings. The molecular weight excluding hydrogens is 350 g/mol. The zero-order valence-corrected chi connectivity index (χ0v) is 15.8. The Balaban J connectivity index is 1.49. The topological polar surface area (TPSA) is 70.2 Å². The fourth-order valence-corrected chi connectivity index (χ4v) is 3.23. The molecule has 1 aromatic carbocycles. The van der Waals surface area contributed by atoms with E-state index >= 15 is 0 Å². The van der Waals surface area contributed by atoms with Gasteiger partial charge in [-0.05, 0) is 56.0 Å². The Hall–Kier alpha value is -2.34. The van der Waals surface area contributed by atoms with E-state index in [1.165, 1.54) is 0 Å². The van der Waals surface area contributed by atoms with E-state index in [1.54, 1.807) is 30.5 Å². The van der Waals surface area contributed by atoms with Gasteiger partial charge in [0, 0.05) is 43.0 Å². The van der Waals surface area contributed by atoms with Crippen molar-refractivity contribution in [2.75, 3.05) is 24.3 Å². The number of amides is 1. The van der Waals surface area contributed by atoms with E-state index in [1.807, 2.05) is 25.1 Å². The van der Waals surface area contributed by atoms with Crippen LogP contribution in [0.15, 0.2) is 36.5 Å². The van der Waals surface area contributed by atoms with Crippen LogP contribution in [-0.2, 0) is 0 Å². The molecular formula is C19H24ClN5O. The molecule has 0 unspecified atom stereocenters. The van der Waals surface area contributed by atoms with Crippen molar-refractivity contribution < 1.29 is 4.79 Å². The van der Waals surface area contributed by atoms with Crippen LogP contribution in [0.5, 0.6) is 0 Å². The number of carbonyl (C=O) groups excluding carboxylic acids is 1. The van der Waals surface area contributed by atoms with Crippen LogP contribution >= 0.6 is 11.6 Å². The smallest absolute Gasteiger partial charge is 0.251 e. The van der Waals surface area contributed by atoms with Gasteiger partial charge in [0.05, 0.1) is 0 Å². The average Bonchev–Trinajstić information content (AvgIpc) is 2.64. The molecule has 1 heterocycles. The third kappa shape index (κ3) is 4.85. The second-order valence-electron chi connectivity index (χ2n) is 6.81. The molecule has 2 aromatic rings. The fourth-order valence-electron chi connectivity index (χ4n) is 3.10. The van der Waals surface area contributed by atoms with Crippen molar-refractivity contribution in [2.24, 2.45) is 0 Å². The van der Waals surface area contributed by atoms with E-state index < -0.39 is 0 Å². The molecule has 0 spiro atoms. The first-order chi connectivity index (χ1) is 12.5. The molecule has 0 saturated heterocycles. The summed E-state index contributed by atoms with van der Waals surface area (Å²) in [6.07, 6.45) is 5.58. The third-order valence-electron chi connectivity index (χ3n) is 4.60. The largest absolute Gasteiger partial charge is 0.363 e. The van der Waals surface area contributed by atoms with E-state index in [-0.39, 0.29) is 11.9 Å². The van der Waals surface area contributed by atoms with Crippen LogP contribution < -0.4 is 15.5 Å². The molecule has 0 bridgehead atoms. The number of nitrogens with one attached hydrogen (secondary N) is 2. The number of anilines is 2. The summed E-state index contributed by atoms with van der Waals surface area (Å²) in [5.74, 6) is 1.50. The number of nitrogens with zero attached hydrogens (tertiary/aromatic N) is 3. The zero-order valence-electron chi connectivity index (χ0n) is 15.1. The summed E-state index contributed by atoms with van der Waals surface area (Å²) >= 11 is 5.87. The van der Waals surface area contributed by atoms with Gasteiger partial charge >= 0.3 is 0 Å². The Morgan fingerprint density at radius 1 is 1.08 bits per heavy atom. The molecule has 7 heteroatoms. The second-order valence-corrected chi connectivity index (χ2v) is 7.24. The molecule has 1 saturated carbocycles. The number of rotatable bonds is 5. The van der Waals surface area contributed by atoms with Crippen molar-refractivity contribution in [3.63, 3.8) is 0 Å². The Bertz CT molecular complexity index is 742. The number of aromatic nitrogens is 2. The van der Waals surface area contributed by atoms with Crippen LogP contribution in [0.1, 0.15) is 36.0 Å². The minimum Gasteiger partial charge on any atom is -0.363 e. The Morgan fingerprint density at radius 2 is 1.73 bits per heavy atom. The molecule has 1 aromatic heterocycles. The highest BCUT2D eigenvalue weighted by Gasteiger charge is 2.23. The molecule has 0 radical (unpaired) electrons. The van der Waals surface area contributed by atoms with Crippen LogP contribution in [0, 0.1) is 0 Å². The Kier molecular flexibility index (Phi) is 5.93. The second kappa shape index (κ2) is 8.36. The van der Waals surface area contributed by atoms with Gasteiger partial charge in [-0.3, -0.25) is 4.79 Å². The van der Waals surface area contributed by atoms with Crippen molar-refractivity contribution in [3.8, 4) is 0 Å². The van der Waals surface area contributed by atoms with Gasteiger partial charge in [0.1, 0.15) is 5.82 Å². The minimum atomic E-state index is -0.0416. The maximum Gasteiger partial charge on any atom is 0.251 e. The summed E-state index contributed by atoms with van der Waals surface area (Å²) < 4.78 is 0. The molecule has 6 nitrogen and oxygen atoms in total. The predicted octanol–water partition coefficient (Wildman–Crippen LogP) is 3.35. The number of hydrogen-bond donors (Lipinski definition) is 2. The molecule has 2 N–H and O–H groups in total. The molecule has 3 rings (SSSR count). The van der Waals surface area contributed by atoms with Crippen molar-refractivity contribution in [1.29, 1.82) is 0 Å². The highest BCUT2D eigenvalue weighted by atomic mass is 35.5. The maximum absolute atomic E-state index is 12.3. The van der Waals surface area contributed by atoms with Crippen LogP contribution in [0.4, 0.5) is 11.8 Å². The Morgan fingerprint density at radius 3 is 2.38 bits per heavy atom. The summed E-state index contributed by atoms with van der Waals surface area (Å²) in [6.45, 7) is 0. The minimum absolute atomic E-state index is 0.0416. The van der Waals surface area contributed by atoms with Crippen LogP contribution in [0.25, 0.3) is 0 Å². The van der Waals surface area contributed by atoms with Gasteiger partial charge in [-0.25, -0.2) is 4.98 Å². The molecule has 1 aliphatic carbocycles. The van der Waals surface area contributed by atoms with E-state index in [2.05, 4.69) is 20.6 Å². The molecule has 0 atom stereocenters. The fraction of sp³-hybridized carbons (Fsp3) is 0.421. The lowest BCUT2D eigenvalue weighted by molar-refractivity contribution is 0.0926. The lowest BCUT2D eigenvalue weighted by atomic mass is 9.91. The molecule has 138 valence electrons. The lowest BCUT2D eigenvalue weighted by Gasteiger charge is -2.29. The average molecular weight is 374 g/mol. The summed E-state index contributed by atoms with van der Waals surface area (Å²) in [5, 5.41) is 7.16.